The summed E-state index contributed by atoms with van der Waals surface area (Å²) in [5, 5.41) is 7.04. The summed E-state index contributed by atoms with van der Waals surface area (Å²) in [5.74, 6) is 0.557. The van der Waals surface area contributed by atoms with Crippen LogP contribution in [-0.4, -0.2) is 40.6 Å². The molecule has 1 fully saturated rings. The van der Waals surface area contributed by atoms with Gasteiger partial charge in [-0.15, -0.1) is 0 Å². The first kappa shape index (κ1) is 18.7. The number of hydrazine groups is 1. The molecule has 1 N–H and O–H groups in total. The first-order chi connectivity index (χ1) is 13.5. The Balaban J connectivity index is 1.74. The minimum atomic E-state index is -0.442. The molecule has 4 rings (SSSR count). The Morgan fingerprint density at radius 1 is 1.29 bits per heavy atom. The molecule has 1 aliphatic heterocycles. The molecule has 0 bridgehead atoms. The molecule has 2 aliphatic rings. The summed E-state index contributed by atoms with van der Waals surface area (Å²) >= 11 is 5.93. The molecule has 28 heavy (non-hydrogen) atoms. The van der Waals surface area contributed by atoms with Gasteiger partial charge in [0.15, 0.2) is 5.82 Å². The number of amides is 2. The van der Waals surface area contributed by atoms with Crippen LogP contribution in [0.1, 0.15) is 32.6 Å². The van der Waals surface area contributed by atoms with Crippen LogP contribution < -0.4 is 15.2 Å². The van der Waals surface area contributed by atoms with Crippen LogP contribution in [0.5, 0.6) is 0 Å². The van der Waals surface area contributed by atoms with Crippen LogP contribution in [0.2, 0.25) is 5.02 Å². The van der Waals surface area contributed by atoms with Gasteiger partial charge >= 0.3 is 6.03 Å². The zero-order chi connectivity index (χ0) is 19.8. The molecule has 0 radical (unpaired) electrons. The maximum Gasteiger partial charge on any atom is 0.343 e. The van der Waals surface area contributed by atoms with Gasteiger partial charge in [0.05, 0.1) is 12.2 Å². The summed E-state index contributed by atoms with van der Waals surface area (Å²) in [4.78, 5) is 23.4. The molecule has 7 nitrogen and oxygen atoms in total. The van der Waals surface area contributed by atoms with Crippen molar-refractivity contribution in [3.05, 3.63) is 35.2 Å². The number of benzene rings is 1. The topological polar surface area (TPSA) is 64.6 Å². The molecule has 1 aliphatic carbocycles. The molecule has 1 aromatic heterocycles. The van der Waals surface area contributed by atoms with E-state index in [4.69, 9.17) is 11.6 Å². The molecule has 9 heteroatoms. The highest BCUT2D eigenvalue weighted by Crippen LogP contribution is 2.38. The number of rotatable bonds is 4. The van der Waals surface area contributed by atoms with Crippen LogP contribution in [0.3, 0.4) is 0 Å². The van der Waals surface area contributed by atoms with Crippen molar-refractivity contribution in [2.45, 2.75) is 38.6 Å². The molecule has 0 spiro atoms. The summed E-state index contributed by atoms with van der Waals surface area (Å²) < 4.78 is 13.6. The van der Waals surface area contributed by atoms with E-state index in [1.54, 1.807) is 29.2 Å². The first-order valence-electron chi connectivity index (χ1n) is 9.42. The van der Waals surface area contributed by atoms with E-state index in [0.717, 1.165) is 25.7 Å². The fourth-order valence-electron chi connectivity index (χ4n) is 3.88. The Labute approximate surface area is 168 Å². The van der Waals surface area contributed by atoms with Crippen LogP contribution in [0.25, 0.3) is 0 Å². The number of nitrogens with zero attached hydrogens (tertiary/aromatic N) is 5. The second kappa shape index (κ2) is 7.43. The van der Waals surface area contributed by atoms with E-state index in [1.165, 1.54) is 12.1 Å². The monoisotopic (exact) mass is 404 g/mol. The highest BCUT2D eigenvalue weighted by atomic mass is 35.5. The Hall–Kier alpha value is -2.61. The highest BCUT2D eigenvalue weighted by Gasteiger charge is 2.39. The van der Waals surface area contributed by atoms with Crippen LogP contribution in [0.15, 0.2) is 24.4 Å². The van der Waals surface area contributed by atoms with Gasteiger partial charge in [0.2, 0.25) is 5.95 Å². The Kier molecular flexibility index (Phi) is 4.97. The fraction of sp³-hybridized carbons (Fsp3) is 0.421. The lowest BCUT2D eigenvalue weighted by atomic mass is 10.2. The molecule has 2 heterocycles. The number of hydrogen-bond acceptors (Lipinski definition) is 5. The summed E-state index contributed by atoms with van der Waals surface area (Å²) in [7, 11) is 1.72. The molecular formula is C19H22ClFN6O. The van der Waals surface area contributed by atoms with Crippen molar-refractivity contribution in [1.29, 1.82) is 0 Å². The number of hydrogen-bond donors (Lipinski definition) is 1. The number of urea groups is 1. The molecule has 0 atom stereocenters. The van der Waals surface area contributed by atoms with Crippen LogP contribution in [0.4, 0.5) is 32.3 Å². The Bertz CT molecular complexity index is 884. The minimum absolute atomic E-state index is 0.0943. The van der Waals surface area contributed by atoms with Crippen molar-refractivity contribution in [3.63, 3.8) is 0 Å². The molecular weight excluding hydrogens is 383 g/mol. The number of anilines is 4. The lowest BCUT2D eigenvalue weighted by molar-refractivity contribution is 0.191. The standard InChI is InChI=1S/C19H22ClFN6O/c1-3-26-19(28)25(2)16-11-22-18(23-14-9-12(20)8-13(21)10-14)24-17(16)27(26)15-6-4-5-7-15/h8-11,15H,3-7H2,1-2H3,(H,22,23,24). The van der Waals surface area contributed by atoms with Crippen LogP contribution in [-0.2, 0) is 0 Å². The number of nitrogens with one attached hydrogen (secondary N) is 1. The second-order valence-corrected chi connectivity index (χ2v) is 7.46. The van der Waals surface area contributed by atoms with Crippen molar-refractivity contribution in [2.75, 3.05) is 28.8 Å². The third kappa shape index (κ3) is 3.32. The van der Waals surface area contributed by atoms with E-state index >= 15 is 0 Å². The number of carbonyl (C=O) groups excluding carboxylic acids is 1. The van der Waals surface area contributed by atoms with Crippen molar-refractivity contribution in [3.8, 4) is 0 Å². The van der Waals surface area contributed by atoms with Crippen molar-refractivity contribution in [1.82, 2.24) is 15.0 Å². The summed E-state index contributed by atoms with van der Waals surface area (Å²) in [6.45, 7) is 2.50. The zero-order valence-corrected chi connectivity index (χ0v) is 16.6. The fourth-order valence-corrected chi connectivity index (χ4v) is 4.10. The normalized spacial score (nSPS) is 17.3. The number of aromatic nitrogens is 2. The zero-order valence-electron chi connectivity index (χ0n) is 15.8. The van der Waals surface area contributed by atoms with Crippen molar-refractivity contribution < 1.29 is 9.18 Å². The van der Waals surface area contributed by atoms with E-state index in [0.29, 0.717) is 29.7 Å². The van der Waals surface area contributed by atoms with Gasteiger partial charge in [-0.25, -0.2) is 19.2 Å². The first-order valence-corrected chi connectivity index (χ1v) is 9.80. The Morgan fingerprint density at radius 3 is 2.71 bits per heavy atom. The third-order valence-corrected chi connectivity index (χ3v) is 5.40. The van der Waals surface area contributed by atoms with Crippen molar-refractivity contribution in [2.24, 2.45) is 0 Å². The molecule has 2 amide bonds. The van der Waals surface area contributed by atoms with Crippen molar-refractivity contribution >= 4 is 40.8 Å². The number of fused-ring (bicyclic) bond motifs is 1. The summed E-state index contributed by atoms with van der Waals surface area (Å²) in [6.07, 6.45) is 5.92. The lowest BCUT2D eigenvalue weighted by Gasteiger charge is -2.45. The largest absolute Gasteiger partial charge is 0.343 e. The van der Waals surface area contributed by atoms with Gasteiger partial charge in [-0.3, -0.25) is 9.91 Å². The SMILES string of the molecule is CCN1C(=O)N(C)c2cnc(Nc3cc(F)cc(Cl)c3)nc2N1C1CCCC1. The second-order valence-electron chi connectivity index (χ2n) is 7.03. The maximum absolute atomic E-state index is 13.6. The van der Waals surface area contributed by atoms with Crippen LogP contribution >= 0.6 is 11.6 Å². The average molecular weight is 405 g/mol. The predicted octanol–water partition coefficient (Wildman–Crippen LogP) is 4.57. The van der Waals surface area contributed by atoms with Gasteiger partial charge in [-0.1, -0.05) is 24.4 Å². The number of carbonyl (C=O) groups is 1. The molecule has 2 aromatic rings. The van der Waals surface area contributed by atoms with Gasteiger partial charge < -0.3 is 5.32 Å². The van der Waals surface area contributed by atoms with E-state index in [9.17, 15) is 9.18 Å². The number of halogens is 2. The predicted molar refractivity (Wildman–Crippen MR) is 108 cm³/mol. The van der Waals surface area contributed by atoms with E-state index in [2.05, 4.69) is 15.3 Å². The van der Waals surface area contributed by atoms with E-state index in [1.807, 2.05) is 11.9 Å². The summed E-state index contributed by atoms with van der Waals surface area (Å²) in [6, 6.07) is 4.31. The van der Waals surface area contributed by atoms with Crippen LogP contribution in [0, 0.1) is 5.82 Å². The molecule has 1 saturated carbocycles. The smallest absolute Gasteiger partial charge is 0.324 e. The average Bonchev–Trinajstić information content (AvgIpc) is 3.17. The van der Waals surface area contributed by atoms with E-state index < -0.39 is 5.82 Å². The van der Waals surface area contributed by atoms with Gasteiger partial charge in [-0.05, 0) is 38.0 Å². The highest BCUT2D eigenvalue weighted by molar-refractivity contribution is 6.30. The Morgan fingerprint density at radius 2 is 2.04 bits per heavy atom. The third-order valence-electron chi connectivity index (χ3n) is 5.19. The molecule has 1 aromatic carbocycles. The molecule has 148 valence electrons. The lowest BCUT2D eigenvalue weighted by Crippen LogP contribution is -2.59. The van der Waals surface area contributed by atoms with Gasteiger partial charge in [0.25, 0.3) is 0 Å². The molecule has 0 saturated heterocycles. The van der Waals surface area contributed by atoms with Gasteiger partial charge in [0, 0.05) is 24.3 Å². The van der Waals surface area contributed by atoms with E-state index in [-0.39, 0.29) is 17.1 Å². The summed E-state index contributed by atoms with van der Waals surface area (Å²) in [5.41, 5.74) is 1.12. The minimum Gasteiger partial charge on any atom is -0.324 e. The van der Waals surface area contributed by atoms with Gasteiger partial charge in [-0.2, -0.15) is 4.98 Å². The maximum atomic E-state index is 13.6. The quantitative estimate of drug-likeness (QED) is 0.808. The van der Waals surface area contributed by atoms with Gasteiger partial charge in [0.1, 0.15) is 11.5 Å². The molecule has 0 unspecified atom stereocenters.